The second-order valence-electron chi connectivity index (χ2n) is 3.42. The minimum atomic E-state index is -1.02. The lowest BCUT2D eigenvalue weighted by molar-refractivity contribution is 0.0697. The highest BCUT2D eigenvalue weighted by molar-refractivity contribution is 6.04. The van der Waals surface area contributed by atoms with Gasteiger partial charge in [0.2, 0.25) is 0 Å². The van der Waals surface area contributed by atoms with Gasteiger partial charge in [-0.2, -0.15) is 0 Å². The van der Waals surface area contributed by atoms with Crippen LogP contribution in [0.4, 0.5) is 0 Å². The minimum Gasteiger partial charge on any atom is -0.508 e. The van der Waals surface area contributed by atoms with E-state index in [-0.39, 0.29) is 11.3 Å². The summed E-state index contributed by atoms with van der Waals surface area (Å²) >= 11 is 0. The fourth-order valence-corrected chi connectivity index (χ4v) is 1.67. The number of hydrogen-bond acceptors (Lipinski definition) is 3. The summed E-state index contributed by atoms with van der Waals surface area (Å²) in [6.07, 6.45) is 0. The summed E-state index contributed by atoms with van der Waals surface area (Å²) in [5.41, 5.74) is 1.15. The second kappa shape index (κ2) is 3.02. The molecule has 15 heavy (non-hydrogen) atoms. The van der Waals surface area contributed by atoms with E-state index in [1.165, 1.54) is 6.07 Å². The molecule has 0 amide bonds. The number of carbonyl (C=O) groups is 1. The van der Waals surface area contributed by atoms with Crippen LogP contribution in [-0.2, 0) is 0 Å². The Morgan fingerprint density at radius 1 is 1.33 bits per heavy atom. The zero-order chi connectivity index (χ0) is 11.2. The second-order valence-corrected chi connectivity index (χ2v) is 3.42. The molecule has 0 saturated carbocycles. The summed E-state index contributed by atoms with van der Waals surface area (Å²) in [5, 5.41) is 19.0. The van der Waals surface area contributed by atoms with Gasteiger partial charge >= 0.3 is 5.97 Å². The highest BCUT2D eigenvalue weighted by atomic mass is 16.4. The first-order chi connectivity index (χ1) is 7.02. The van der Waals surface area contributed by atoms with Gasteiger partial charge in [-0.05, 0) is 26.0 Å². The van der Waals surface area contributed by atoms with E-state index in [1.807, 2.05) is 0 Å². The highest BCUT2D eigenvalue weighted by Crippen LogP contribution is 2.32. The molecule has 2 N–H and O–H groups in total. The quantitative estimate of drug-likeness (QED) is 0.751. The molecule has 0 atom stereocenters. The molecule has 1 aromatic carbocycles. The molecule has 0 unspecified atom stereocenters. The first kappa shape index (κ1) is 9.58. The number of benzene rings is 1. The molecule has 78 valence electrons. The third-order valence-corrected chi connectivity index (χ3v) is 2.47. The van der Waals surface area contributed by atoms with Crippen molar-refractivity contribution < 1.29 is 19.4 Å². The van der Waals surface area contributed by atoms with Crippen LogP contribution in [0.3, 0.4) is 0 Å². The van der Waals surface area contributed by atoms with E-state index in [0.717, 1.165) is 0 Å². The number of aryl methyl sites for hydroxylation is 2. The van der Waals surface area contributed by atoms with E-state index < -0.39 is 5.97 Å². The normalized spacial score (nSPS) is 10.8. The molecule has 2 aromatic rings. The summed E-state index contributed by atoms with van der Waals surface area (Å²) in [6, 6.07) is 3.02. The topological polar surface area (TPSA) is 70.7 Å². The molecule has 0 aliphatic heterocycles. The lowest BCUT2D eigenvalue weighted by Crippen LogP contribution is -1.96. The van der Waals surface area contributed by atoms with E-state index >= 15 is 0 Å². The summed E-state index contributed by atoms with van der Waals surface area (Å²) in [6.45, 7) is 3.28. The molecule has 0 radical (unpaired) electrons. The first-order valence-corrected chi connectivity index (χ1v) is 4.47. The van der Waals surface area contributed by atoms with E-state index in [0.29, 0.717) is 22.3 Å². The van der Waals surface area contributed by atoms with Gasteiger partial charge in [-0.25, -0.2) is 4.79 Å². The van der Waals surface area contributed by atoms with Gasteiger partial charge in [0.25, 0.3) is 0 Å². The molecule has 4 nitrogen and oxygen atoms in total. The average molecular weight is 206 g/mol. The number of phenolic OH excluding ortho intramolecular Hbond substituents is 1. The standard InChI is InChI=1S/C11H10O4/c1-5-8(12)4-3-7-9(11(13)14)6(2)15-10(5)7/h3-4,12H,1-2H3,(H,13,14). The Bertz CT molecular complexity index is 551. The smallest absolute Gasteiger partial charge is 0.339 e. The van der Waals surface area contributed by atoms with E-state index in [4.69, 9.17) is 9.52 Å². The van der Waals surface area contributed by atoms with Crippen molar-refractivity contribution in [3.8, 4) is 5.75 Å². The van der Waals surface area contributed by atoms with Crippen molar-refractivity contribution in [1.29, 1.82) is 0 Å². The largest absolute Gasteiger partial charge is 0.508 e. The maximum Gasteiger partial charge on any atom is 0.339 e. The summed E-state index contributed by atoms with van der Waals surface area (Å²) in [4.78, 5) is 11.0. The van der Waals surface area contributed by atoms with Crippen LogP contribution in [0.25, 0.3) is 11.0 Å². The third kappa shape index (κ3) is 1.26. The van der Waals surface area contributed by atoms with Crippen LogP contribution < -0.4 is 0 Å². The van der Waals surface area contributed by atoms with E-state index in [2.05, 4.69) is 0 Å². The molecule has 0 aliphatic rings. The van der Waals surface area contributed by atoms with Crippen molar-refractivity contribution in [3.63, 3.8) is 0 Å². The van der Waals surface area contributed by atoms with Gasteiger partial charge in [0.05, 0.1) is 0 Å². The molecule has 4 heteroatoms. The summed E-state index contributed by atoms with van der Waals surface area (Å²) in [7, 11) is 0. The molecule has 0 bridgehead atoms. The highest BCUT2D eigenvalue weighted by Gasteiger charge is 2.19. The molecular weight excluding hydrogens is 196 g/mol. The maximum absolute atomic E-state index is 11.0. The van der Waals surface area contributed by atoms with Crippen LogP contribution in [-0.4, -0.2) is 16.2 Å². The van der Waals surface area contributed by atoms with E-state index in [1.54, 1.807) is 19.9 Å². The van der Waals surface area contributed by atoms with Crippen molar-refractivity contribution in [2.75, 3.05) is 0 Å². The van der Waals surface area contributed by atoms with Crippen LogP contribution in [0.15, 0.2) is 16.5 Å². The number of phenols is 1. The Morgan fingerprint density at radius 2 is 2.00 bits per heavy atom. The van der Waals surface area contributed by atoms with Crippen LogP contribution in [0.5, 0.6) is 5.75 Å². The van der Waals surface area contributed by atoms with Gasteiger partial charge in [-0.15, -0.1) is 0 Å². The van der Waals surface area contributed by atoms with Gasteiger partial charge in [-0.1, -0.05) is 0 Å². The fourth-order valence-electron chi connectivity index (χ4n) is 1.67. The Balaban J connectivity index is 2.91. The predicted octanol–water partition coefficient (Wildman–Crippen LogP) is 2.45. The van der Waals surface area contributed by atoms with Crippen LogP contribution in [0.1, 0.15) is 21.7 Å². The van der Waals surface area contributed by atoms with Crippen LogP contribution in [0.2, 0.25) is 0 Å². The van der Waals surface area contributed by atoms with Gasteiger partial charge in [-0.3, -0.25) is 0 Å². The average Bonchev–Trinajstić information content (AvgIpc) is 2.49. The molecule has 2 rings (SSSR count). The number of aromatic carboxylic acids is 1. The number of aromatic hydroxyl groups is 1. The van der Waals surface area contributed by atoms with Crippen molar-refractivity contribution in [3.05, 3.63) is 29.0 Å². The molecule has 0 aliphatic carbocycles. The van der Waals surface area contributed by atoms with Gasteiger partial charge in [0, 0.05) is 10.9 Å². The van der Waals surface area contributed by atoms with Crippen molar-refractivity contribution in [2.45, 2.75) is 13.8 Å². The molecule has 1 aromatic heterocycles. The number of furan rings is 1. The van der Waals surface area contributed by atoms with Gasteiger partial charge in [0.1, 0.15) is 22.7 Å². The zero-order valence-electron chi connectivity index (χ0n) is 8.37. The third-order valence-electron chi connectivity index (χ3n) is 2.47. The Morgan fingerprint density at radius 3 is 2.60 bits per heavy atom. The molecule has 0 fully saturated rings. The first-order valence-electron chi connectivity index (χ1n) is 4.47. The van der Waals surface area contributed by atoms with Gasteiger partial charge in [0.15, 0.2) is 0 Å². The predicted molar refractivity (Wildman–Crippen MR) is 54.3 cm³/mol. The lowest BCUT2D eigenvalue weighted by Gasteiger charge is -1.98. The molecule has 1 heterocycles. The monoisotopic (exact) mass is 206 g/mol. The Kier molecular flexibility index (Phi) is 1.93. The Labute approximate surface area is 85.8 Å². The number of hydrogen-bond donors (Lipinski definition) is 2. The Hall–Kier alpha value is -1.97. The minimum absolute atomic E-state index is 0.105. The maximum atomic E-state index is 11.0. The van der Waals surface area contributed by atoms with Crippen molar-refractivity contribution >= 4 is 16.9 Å². The van der Waals surface area contributed by atoms with Crippen molar-refractivity contribution in [2.24, 2.45) is 0 Å². The molecular formula is C11H10O4. The van der Waals surface area contributed by atoms with Gasteiger partial charge < -0.3 is 14.6 Å². The number of fused-ring (bicyclic) bond motifs is 1. The fraction of sp³-hybridized carbons (Fsp3) is 0.182. The van der Waals surface area contributed by atoms with E-state index in [9.17, 15) is 9.90 Å². The summed E-state index contributed by atoms with van der Waals surface area (Å²) < 4.78 is 5.33. The number of carboxylic acids is 1. The van der Waals surface area contributed by atoms with Crippen LogP contribution >= 0.6 is 0 Å². The molecule has 0 spiro atoms. The van der Waals surface area contributed by atoms with Crippen molar-refractivity contribution in [1.82, 2.24) is 0 Å². The SMILES string of the molecule is Cc1oc2c(C)c(O)ccc2c1C(=O)O. The van der Waals surface area contributed by atoms with Crippen LogP contribution in [0, 0.1) is 13.8 Å². The lowest BCUT2D eigenvalue weighted by atomic mass is 10.1. The molecule has 0 saturated heterocycles. The zero-order valence-corrected chi connectivity index (χ0v) is 8.37. The summed E-state index contributed by atoms with van der Waals surface area (Å²) in [5.74, 6) is -0.560. The number of carboxylic acid groups (broad SMARTS) is 1. The number of rotatable bonds is 1.